The fourth-order valence-electron chi connectivity index (χ4n) is 1.44. The molecule has 2 aromatic rings. The smallest absolute Gasteiger partial charge is 0.0721 e. The number of hydrogen-bond donors (Lipinski definition) is 0. The molecule has 0 saturated carbocycles. The Balaban J connectivity index is 0.000000399. The van der Waals surface area contributed by atoms with Crippen LogP contribution in [0.2, 0.25) is 0 Å². The van der Waals surface area contributed by atoms with Gasteiger partial charge in [0, 0.05) is 0 Å². The zero-order valence-electron chi connectivity index (χ0n) is 10.0. The maximum Gasteiger partial charge on any atom is 0.0721 e. The van der Waals surface area contributed by atoms with Crippen molar-refractivity contribution in [1.29, 1.82) is 0 Å². The third-order valence-electron chi connectivity index (χ3n) is 2.22. The summed E-state index contributed by atoms with van der Waals surface area (Å²) in [6.07, 6.45) is 0. The minimum absolute atomic E-state index is 0.676. The van der Waals surface area contributed by atoms with Crippen LogP contribution in [0.15, 0.2) is 60.7 Å². The van der Waals surface area contributed by atoms with Crippen molar-refractivity contribution in [3.8, 4) is 0 Å². The van der Waals surface area contributed by atoms with Crippen molar-refractivity contribution in [3.05, 3.63) is 71.8 Å². The van der Waals surface area contributed by atoms with Gasteiger partial charge in [-0.2, -0.15) is 0 Å². The van der Waals surface area contributed by atoms with Crippen LogP contribution >= 0.6 is 27.6 Å². The van der Waals surface area contributed by atoms with Crippen LogP contribution in [-0.4, -0.2) is 0 Å². The van der Waals surface area contributed by atoms with Crippen molar-refractivity contribution in [1.82, 2.24) is 0 Å². The predicted molar refractivity (Wildman–Crippen MR) is 78.9 cm³/mol. The molecule has 0 aliphatic heterocycles. The predicted octanol–water partition coefficient (Wildman–Crippen LogP) is 5.47. The van der Waals surface area contributed by atoms with Gasteiger partial charge in [-0.1, -0.05) is 60.7 Å². The van der Waals surface area contributed by atoms with Gasteiger partial charge in [-0.05, 0) is 11.1 Å². The summed E-state index contributed by atoms with van der Waals surface area (Å²) in [7, 11) is 14.9. The third kappa shape index (κ3) is 9.53. The molecular weight excluding hydrogens is 487 g/mol. The Morgan fingerprint density at radius 3 is 1.32 bits per heavy atom. The van der Waals surface area contributed by atoms with E-state index >= 15 is 0 Å². The van der Waals surface area contributed by atoms with Crippen molar-refractivity contribution >= 4 is 27.6 Å². The Kier molecular flexibility index (Phi) is 9.66. The van der Waals surface area contributed by atoms with E-state index in [2.05, 4.69) is 24.3 Å². The molecule has 2 aromatic carbocycles. The third-order valence-corrected chi connectivity index (χ3v) is 2.22. The van der Waals surface area contributed by atoms with Gasteiger partial charge in [0.15, 0.2) is 0 Å². The average Bonchev–Trinajstić information content (AvgIpc) is 2.41. The van der Waals surface area contributed by atoms with E-state index in [-0.39, 0.29) is 0 Å². The number of hydrogen-bond acceptors (Lipinski definition) is 1. The van der Waals surface area contributed by atoms with Crippen molar-refractivity contribution < 1.29 is 19.9 Å². The molecule has 0 radical (unpaired) electrons. The van der Waals surface area contributed by atoms with Crippen LogP contribution in [0.1, 0.15) is 11.1 Å². The van der Waals surface area contributed by atoms with E-state index in [1.54, 1.807) is 0 Å². The van der Waals surface area contributed by atoms with Crippen LogP contribution < -0.4 is 0 Å². The molecule has 0 heterocycles. The average molecular weight is 502 g/mol. The summed E-state index contributed by atoms with van der Waals surface area (Å²) in [5.74, 6) is 0. The molecule has 0 spiro atoms. The van der Waals surface area contributed by atoms with Gasteiger partial charge in [0.2, 0.25) is 0 Å². The molecule has 0 unspecified atom stereocenters. The first-order valence-corrected chi connectivity index (χ1v) is 13.5. The SMILES string of the molecule is [Cl][Au]([Cl])[Cl].c1ccc(COCc2ccccc2)cc1. The topological polar surface area (TPSA) is 9.23 Å². The van der Waals surface area contributed by atoms with Crippen molar-refractivity contribution in [2.45, 2.75) is 13.2 Å². The van der Waals surface area contributed by atoms with Crippen molar-refractivity contribution in [2.75, 3.05) is 0 Å². The standard InChI is InChI=1S/C14H14O.Au.3ClH/c1-3-7-13(8-4-1)11-15-12-14-9-5-2-6-10-14;;;;/h1-10H,11-12H2;;3*1H/q;+3;;;/p-3. The molecule has 0 atom stereocenters. The number of halogens is 3. The second-order valence-corrected chi connectivity index (χ2v) is 13.0. The first-order valence-electron chi connectivity index (χ1n) is 5.45. The molecule has 1 nitrogen and oxygen atoms in total. The summed E-state index contributed by atoms with van der Waals surface area (Å²) < 4.78 is 5.61. The van der Waals surface area contributed by atoms with Crippen LogP contribution in [0.25, 0.3) is 0 Å². The van der Waals surface area contributed by atoms with E-state index in [1.165, 1.54) is 11.1 Å². The summed E-state index contributed by atoms with van der Waals surface area (Å²) in [5, 5.41) is 0. The summed E-state index contributed by atoms with van der Waals surface area (Å²) >= 11 is -1.79. The summed E-state index contributed by atoms with van der Waals surface area (Å²) in [5.41, 5.74) is 2.43. The number of rotatable bonds is 4. The second-order valence-electron chi connectivity index (χ2n) is 3.59. The number of ether oxygens (including phenoxy) is 1. The van der Waals surface area contributed by atoms with E-state index < -0.39 is 15.2 Å². The van der Waals surface area contributed by atoms with Gasteiger partial charge in [-0.15, -0.1) is 0 Å². The minimum atomic E-state index is -1.79. The van der Waals surface area contributed by atoms with Gasteiger partial charge >= 0.3 is 42.8 Å². The molecule has 5 heteroatoms. The Labute approximate surface area is 132 Å². The maximum absolute atomic E-state index is 5.61. The Hall–Kier alpha value is 0.0103. The number of benzene rings is 2. The van der Waals surface area contributed by atoms with Crippen LogP contribution in [0.3, 0.4) is 0 Å². The fourth-order valence-corrected chi connectivity index (χ4v) is 1.44. The van der Waals surface area contributed by atoms with Crippen molar-refractivity contribution in [2.24, 2.45) is 0 Å². The molecule has 0 bridgehead atoms. The molecule has 0 aromatic heterocycles. The molecule has 0 fully saturated rings. The largest absolute Gasteiger partial charge is 0.372 e. The van der Waals surface area contributed by atoms with Gasteiger partial charge in [0.25, 0.3) is 0 Å². The van der Waals surface area contributed by atoms with Crippen LogP contribution in [-0.2, 0) is 33.1 Å². The minimum Gasteiger partial charge on any atom is -0.372 e. The van der Waals surface area contributed by atoms with Crippen LogP contribution in [0.5, 0.6) is 0 Å². The van der Waals surface area contributed by atoms with Gasteiger partial charge < -0.3 is 4.74 Å². The van der Waals surface area contributed by atoms with Gasteiger partial charge in [0.05, 0.1) is 13.2 Å². The molecule has 0 saturated heterocycles. The van der Waals surface area contributed by atoms with Gasteiger partial charge in [0.1, 0.15) is 0 Å². The summed E-state index contributed by atoms with van der Waals surface area (Å²) in [4.78, 5) is 0. The van der Waals surface area contributed by atoms with E-state index in [0.29, 0.717) is 13.2 Å². The molecule has 108 valence electrons. The zero-order valence-corrected chi connectivity index (χ0v) is 14.5. The van der Waals surface area contributed by atoms with Crippen LogP contribution in [0, 0.1) is 0 Å². The van der Waals surface area contributed by atoms with E-state index in [9.17, 15) is 0 Å². The first kappa shape index (κ1) is 17.1. The van der Waals surface area contributed by atoms with Crippen LogP contribution in [0.4, 0.5) is 0 Å². The van der Waals surface area contributed by atoms with E-state index in [0.717, 1.165) is 0 Å². The second kappa shape index (κ2) is 10.8. The van der Waals surface area contributed by atoms with Crippen molar-refractivity contribution in [3.63, 3.8) is 0 Å². The summed E-state index contributed by atoms with van der Waals surface area (Å²) in [6.45, 7) is 1.35. The molecule has 0 N–H and O–H groups in total. The van der Waals surface area contributed by atoms with Gasteiger partial charge in [-0.3, -0.25) is 0 Å². The molecule has 0 aliphatic carbocycles. The van der Waals surface area contributed by atoms with Gasteiger partial charge in [-0.25, -0.2) is 0 Å². The molecular formula is C14H14AuCl3O. The molecule has 0 amide bonds. The Morgan fingerprint density at radius 1 is 0.684 bits per heavy atom. The van der Waals surface area contributed by atoms with E-state index in [1.807, 2.05) is 36.4 Å². The summed E-state index contributed by atoms with van der Waals surface area (Å²) in [6, 6.07) is 20.4. The normalized spacial score (nSPS) is 10.4. The molecule has 0 aliphatic rings. The quantitative estimate of drug-likeness (QED) is 0.505. The Bertz CT molecular complexity index is 395. The van der Waals surface area contributed by atoms with E-state index in [4.69, 9.17) is 32.3 Å². The maximum atomic E-state index is 5.61. The molecule has 2 rings (SSSR count). The molecule has 19 heavy (non-hydrogen) atoms. The fraction of sp³-hybridized carbons (Fsp3) is 0.143. The monoisotopic (exact) mass is 500 g/mol. The zero-order chi connectivity index (χ0) is 13.9. The Morgan fingerprint density at radius 2 is 1.00 bits per heavy atom. The first-order chi connectivity index (χ1) is 9.18.